The molecule has 1 aromatic carbocycles. The number of benzene rings is 1. The van der Waals surface area contributed by atoms with Gasteiger partial charge in [-0.1, -0.05) is 0 Å². The summed E-state index contributed by atoms with van der Waals surface area (Å²) in [5.41, 5.74) is 1.49. The van der Waals surface area contributed by atoms with E-state index in [1.165, 1.54) is 0 Å². The van der Waals surface area contributed by atoms with Gasteiger partial charge in [0.2, 0.25) is 0 Å². The Morgan fingerprint density at radius 3 is 2.74 bits per heavy atom. The SMILES string of the molecule is CCOC(=O)[C@@H]1CCCN(C(=O)c2ccc(OCc3csc(C)n3)cc2)C1. The van der Waals surface area contributed by atoms with E-state index in [2.05, 4.69) is 4.98 Å². The lowest BCUT2D eigenvalue weighted by Gasteiger charge is -2.31. The Labute approximate surface area is 163 Å². The number of amides is 1. The number of likely N-dealkylation sites (tertiary alicyclic amines) is 1. The molecule has 0 bridgehead atoms. The third-order valence-electron chi connectivity index (χ3n) is 4.48. The molecule has 6 nitrogen and oxygen atoms in total. The zero-order chi connectivity index (χ0) is 19.2. The van der Waals surface area contributed by atoms with Gasteiger partial charge in [0.05, 0.1) is 23.2 Å². The molecule has 0 saturated carbocycles. The number of aryl methyl sites for hydroxylation is 1. The van der Waals surface area contributed by atoms with Crippen LogP contribution < -0.4 is 4.74 Å². The van der Waals surface area contributed by atoms with Gasteiger partial charge in [-0.3, -0.25) is 9.59 Å². The van der Waals surface area contributed by atoms with Crippen molar-refractivity contribution in [1.82, 2.24) is 9.88 Å². The van der Waals surface area contributed by atoms with Gasteiger partial charge in [-0.15, -0.1) is 11.3 Å². The van der Waals surface area contributed by atoms with Crippen LogP contribution in [-0.4, -0.2) is 41.5 Å². The molecular weight excluding hydrogens is 364 g/mol. The number of hydrogen-bond acceptors (Lipinski definition) is 6. The number of aromatic nitrogens is 1. The number of hydrogen-bond donors (Lipinski definition) is 0. The Balaban J connectivity index is 1.57. The van der Waals surface area contributed by atoms with Gasteiger partial charge in [0.1, 0.15) is 12.4 Å². The maximum Gasteiger partial charge on any atom is 0.310 e. The summed E-state index contributed by atoms with van der Waals surface area (Å²) in [6.07, 6.45) is 1.58. The van der Waals surface area contributed by atoms with E-state index < -0.39 is 0 Å². The number of rotatable bonds is 6. The fourth-order valence-corrected chi connectivity index (χ4v) is 3.72. The standard InChI is InChI=1S/C20H24N2O4S/c1-3-25-20(24)16-5-4-10-22(11-16)19(23)15-6-8-18(9-7-15)26-12-17-13-27-14(2)21-17/h6-9,13,16H,3-5,10-12H2,1-2H3/t16-/m1/s1. The number of esters is 1. The van der Waals surface area contributed by atoms with E-state index >= 15 is 0 Å². The summed E-state index contributed by atoms with van der Waals surface area (Å²) in [4.78, 5) is 30.8. The molecule has 0 aliphatic carbocycles. The zero-order valence-corrected chi connectivity index (χ0v) is 16.5. The van der Waals surface area contributed by atoms with Crippen LogP contribution in [0.2, 0.25) is 0 Å². The maximum absolute atomic E-state index is 12.7. The number of thiazole rings is 1. The van der Waals surface area contributed by atoms with Crippen molar-refractivity contribution < 1.29 is 19.1 Å². The summed E-state index contributed by atoms with van der Waals surface area (Å²) in [5.74, 6) is 0.189. The molecule has 27 heavy (non-hydrogen) atoms. The predicted molar refractivity (Wildman–Crippen MR) is 103 cm³/mol. The molecule has 144 valence electrons. The Hall–Kier alpha value is -2.41. The molecule has 1 aliphatic heterocycles. The van der Waals surface area contributed by atoms with Crippen LogP contribution in [-0.2, 0) is 16.1 Å². The number of carbonyl (C=O) groups is 2. The third-order valence-corrected chi connectivity index (χ3v) is 5.31. The van der Waals surface area contributed by atoms with Crippen LogP contribution in [0.4, 0.5) is 0 Å². The van der Waals surface area contributed by atoms with Gasteiger partial charge in [-0.05, 0) is 51.0 Å². The van der Waals surface area contributed by atoms with Crippen LogP contribution in [0.3, 0.4) is 0 Å². The molecule has 1 saturated heterocycles. The first-order valence-corrected chi connectivity index (χ1v) is 10.0. The molecule has 1 amide bonds. The van der Waals surface area contributed by atoms with Gasteiger partial charge in [-0.2, -0.15) is 0 Å². The van der Waals surface area contributed by atoms with Crippen LogP contribution in [0.5, 0.6) is 5.75 Å². The highest BCUT2D eigenvalue weighted by Crippen LogP contribution is 2.21. The second-order valence-electron chi connectivity index (χ2n) is 6.51. The minimum atomic E-state index is -0.230. The lowest BCUT2D eigenvalue weighted by molar-refractivity contribution is -0.149. The Kier molecular flexibility index (Phi) is 6.45. The number of carbonyl (C=O) groups excluding carboxylic acids is 2. The molecule has 0 N–H and O–H groups in total. The van der Waals surface area contributed by atoms with Gasteiger partial charge in [0, 0.05) is 24.0 Å². The Morgan fingerprint density at radius 2 is 2.07 bits per heavy atom. The second kappa shape index (κ2) is 8.99. The number of piperidine rings is 1. The summed E-state index contributed by atoms with van der Waals surface area (Å²) >= 11 is 1.59. The molecule has 7 heteroatoms. The first-order chi connectivity index (χ1) is 13.1. The van der Waals surface area contributed by atoms with Gasteiger partial charge >= 0.3 is 5.97 Å². The van der Waals surface area contributed by atoms with Crippen molar-refractivity contribution in [3.05, 3.63) is 45.9 Å². The number of ether oxygens (including phenoxy) is 2. The van der Waals surface area contributed by atoms with E-state index in [1.54, 1.807) is 47.4 Å². The van der Waals surface area contributed by atoms with Crippen LogP contribution in [0.25, 0.3) is 0 Å². The van der Waals surface area contributed by atoms with Crippen LogP contribution >= 0.6 is 11.3 Å². The van der Waals surface area contributed by atoms with Crippen molar-refractivity contribution in [1.29, 1.82) is 0 Å². The summed E-state index contributed by atoms with van der Waals surface area (Å²) in [6, 6.07) is 7.11. The topological polar surface area (TPSA) is 68.7 Å². The molecule has 1 atom stereocenters. The zero-order valence-electron chi connectivity index (χ0n) is 15.6. The van der Waals surface area contributed by atoms with Crippen molar-refractivity contribution in [2.45, 2.75) is 33.3 Å². The highest BCUT2D eigenvalue weighted by molar-refractivity contribution is 7.09. The van der Waals surface area contributed by atoms with Crippen LogP contribution in [0.1, 0.15) is 40.8 Å². The molecule has 0 unspecified atom stereocenters. The minimum absolute atomic E-state index is 0.0642. The average Bonchev–Trinajstić information content (AvgIpc) is 3.12. The quantitative estimate of drug-likeness (QED) is 0.709. The Bertz CT molecular complexity index is 788. The lowest BCUT2D eigenvalue weighted by Crippen LogP contribution is -2.42. The van der Waals surface area contributed by atoms with Gasteiger partial charge in [0.25, 0.3) is 5.91 Å². The van der Waals surface area contributed by atoms with E-state index in [0.717, 1.165) is 23.5 Å². The van der Waals surface area contributed by atoms with Crippen LogP contribution in [0.15, 0.2) is 29.6 Å². The van der Waals surface area contributed by atoms with Gasteiger partial charge in [0.15, 0.2) is 0 Å². The molecule has 0 spiro atoms. The molecule has 2 heterocycles. The van der Waals surface area contributed by atoms with Crippen molar-refractivity contribution in [2.75, 3.05) is 19.7 Å². The van der Waals surface area contributed by atoms with Crippen molar-refractivity contribution in [2.24, 2.45) is 5.92 Å². The smallest absolute Gasteiger partial charge is 0.310 e. The summed E-state index contributed by atoms with van der Waals surface area (Å²) in [6.45, 7) is 5.61. The first-order valence-electron chi connectivity index (χ1n) is 9.16. The second-order valence-corrected chi connectivity index (χ2v) is 7.58. The van der Waals surface area contributed by atoms with Crippen molar-refractivity contribution >= 4 is 23.2 Å². The molecule has 2 aromatic rings. The van der Waals surface area contributed by atoms with E-state index in [-0.39, 0.29) is 17.8 Å². The fraction of sp³-hybridized carbons (Fsp3) is 0.450. The fourth-order valence-electron chi connectivity index (χ4n) is 3.12. The lowest BCUT2D eigenvalue weighted by atomic mass is 9.97. The van der Waals surface area contributed by atoms with Crippen molar-refractivity contribution in [3.8, 4) is 5.75 Å². The summed E-state index contributed by atoms with van der Waals surface area (Å²) < 4.78 is 10.8. The highest BCUT2D eigenvalue weighted by atomic mass is 32.1. The highest BCUT2D eigenvalue weighted by Gasteiger charge is 2.29. The molecule has 1 fully saturated rings. The Morgan fingerprint density at radius 1 is 1.30 bits per heavy atom. The van der Waals surface area contributed by atoms with Gasteiger partial charge in [-0.25, -0.2) is 4.98 Å². The molecule has 1 aliphatic rings. The number of nitrogens with zero attached hydrogens (tertiary/aromatic N) is 2. The summed E-state index contributed by atoms with van der Waals surface area (Å²) in [7, 11) is 0. The monoisotopic (exact) mass is 388 g/mol. The van der Waals surface area contributed by atoms with E-state index in [1.807, 2.05) is 12.3 Å². The van der Waals surface area contributed by atoms with E-state index in [4.69, 9.17) is 9.47 Å². The normalized spacial score (nSPS) is 16.8. The third kappa shape index (κ3) is 5.07. The molecule has 0 radical (unpaired) electrons. The molecular formula is C20H24N2O4S. The summed E-state index contributed by atoms with van der Waals surface area (Å²) in [5, 5.41) is 2.99. The molecule has 3 rings (SSSR count). The largest absolute Gasteiger partial charge is 0.487 e. The molecule has 1 aromatic heterocycles. The van der Waals surface area contributed by atoms with E-state index in [9.17, 15) is 9.59 Å². The first kappa shape index (κ1) is 19.4. The maximum atomic E-state index is 12.7. The average molecular weight is 388 g/mol. The van der Waals surface area contributed by atoms with Gasteiger partial charge < -0.3 is 14.4 Å². The van der Waals surface area contributed by atoms with Crippen LogP contribution in [0, 0.1) is 12.8 Å². The predicted octanol–water partition coefficient (Wildman–Crippen LogP) is 3.45. The minimum Gasteiger partial charge on any atom is -0.487 e. The van der Waals surface area contributed by atoms with Crippen molar-refractivity contribution in [3.63, 3.8) is 0 Å². The van der Waals surface area contributed by atoms with E-state index in [0.29, 0.717) is 37.6 Å².